The number of hydrogen-bond acceptors (Lipinski definition) is 4. The Kier molecular flexibility index (Phi) is 5.83. The normalized spacial score (nSPS) is 9.90. The summed E-state index contributed by atoms with van der Waals surface area (Å²) in [5.74, 6) is -2.18. The Labute approximate surface area is 121 Å². The van der Waals surface area contributed by atoms with Crippen molar-refractivity contribution in [2.24, 2.45) is 0 Å². The van der Waals surface area contributed by atoms with Gasteiger partial charge in [-0.1, -0.05) is 6.07 Å². The number of aryl methyl sites for hydroxylation is 1. The van der Waals surface area contributed by atoms with Crippen molar-refractivity contribution in [1.82, 2.24) is 10.2 Å². The van der Waals surface area contributed by atoms with Gasteiger partial charge in [0.1, 0.15) is 5.82 Å². The van der Waals surface area contributed by atoms with Crippen LogP contribution in [0.5, 0.6) is 0 Å². The van der Waals surface area contributed by atoms with Gasteiger partial charge >= 0.3 is 5.97 Å². The van der Waals surface area contributed by atoms with Gasteiger partial charge in [-0.2, -0.15) is 0 Å². The van der Waals surface area contributed by atoms with E-state index in [4.69, 9.17) is 4.74 Å². The molecule has 0 aromatic heterocycles. The molecule has 0 heterocycles. The molecule has 0 aliphatic heterocycles. The van der Waals surface area contributed by atoms with E-state index in [0.717, 1.165) is 11.0 Å². The van der Waals surface area contributed by atoms with Gasteiger partial charge in [0.2, 0.25) is 5.91 Å². The Morgan fingerprint density at radius 1 is 1.33 bits per heavy atom. The van der Waals surface area contributed by atoms with E-state index >= 15 is 0 Å². The zero-order chi connectivity index (χ0) is 16.0. The van der Waals surface area contributed by atoms with Gasteiger partial charge in [-0.15, -0.1) is 0 Å². The van der Waals surface area contributed by atoms with Crippen LogP contribution in [-0.2, 0) is 14.3 Å². The maximum atomic E-state index is 13.3. The van der Waals surface area contributed by atoms with E-state index in [9.17, 15) is 18.8 Å². The first-order valence-corrected chi connectivity index (χ1v) is 6.23. The molecule has 0 aliphatic rings. The number of hydrogen-bond donors (Lipinski definition) is 1. The molecule has 114 valence electrons. The minimum atomic E-state index is -0.796. The van der Waals surface area contributed by atoms with E-state index in [1.807, 2.05) is 0 Å². The van der Waals surface area contributed by atoms with Gasteiger partial charge < -0.3 is 15.0 Å². The van der Waals surface area contributed by atoms with Crippen molar-refractivity contribution in [1.29, 1.82) is 0 Å². The minimum Gasteiger partial charge on any atom is -0.452 e. The number of benzene rings is 1. The highest BCUT2D eigenvalue weighted by molar-refractivity contribution is 5.92. The molecule has 1 aromatic rings. The molecule has 0 radical (unpaired) electrons. The van der Waals surface area contributed by atoms with Gasteiger partial charge in [-0.3, -0.25) is 9.59 Å². The summed E-state index contributed by atoms with van der Waals surface area (Å²) >= 11 is 0. The van der Waals surface area contributed by atoms with Crippen molar-refractivity contribution in [3.63, 3.8) is 0 Å². The summed E-state index contributed by atoms with van der Waals surface area (Å²) in [5, 5.41) is 2.37. The van der Waals surface area contributed by atoms with Crippen molar-refractivity contribution in [3.8, 4) is 0 Å². The summed E-state index contributed by atoms with van der Waals surface area (Å²) in [5.41, 5.74) is 0.438. The average Bonchev–Trinajstić information content (AvgIpc) is 2.46. The molecule has 0 bridgehead atoms. The summed E-state index contributed by atoms with van der Waals surface area (Å²) in [7, 11) is 2.86. The standard InChI is InChI=1S/C14H17FN2O4/c1-9-4-5-10(6-11(9)15)14(20)21-8-13(19)17(3)7-12(18)16-2/h4-6H,7-8H2,1-3H3,(H,16,18). The predicted molar refractivity (Wildman–Crippen MR) is 73.1 cm³/mol. The van der Waals surface area contributed by atoms with Crippen molar-refractivity contribution in [2.75, 3.05) is 27.2 Å². The molecule has 0 atom stereocenters. The monoisotopic (exact) mass is 296 g/mol. The van der Waals surface area contributed by atoms with Crippen LogP contribution in [0.4, 0.5) is 4.39 Å². The second-order valence-corrected chi connectivity index (χ2v) is 4.46. The van der Waals surface area contributed by atoms with E-state index in [-0.39, 0.29) is 18.0 Å². The van der Waals surface area contributed by atoms with E-state index in [1.54, 1.807) is 6.92 Å². The Hall–Kier alpha value is -2.44. The van der Waals surface area contributed by atoms with Gasteiger partial charge in [-0.05, 0) is 24.6 Å². The summed E-state index contributed by atoms with van der Waals surface area (Å²) in [4.78, 5) is 35.5. The lowest BCUT2D eigenvalue weighted by atomic mass is 10.1. The first-order valence-electron chi connectivity index (χ1n) is 6.23. The van der Waals surface area contributed by atoms with Crippen LogP contribution in [0.15, 0.2) is 18.2 Å². The fourth-order valence-electron chi connectivity index (χ4n) is 1.42. The molecule has 1 N–H and O–H groups in total. The molecule has 6 nitrogen and oxygen atoms in total. The van der Waals surface area contributed by atoms with Crippen LogP contribution < -0.4 is 5.32 Å². The SMILES string of the molecule is CNC(=O)CN(C)C(=O)COC(=O)c1ccc(C)c(F)c1. The third kappa shape index (κ3) is 4.87. The summed E-state index contributed by atoms with van der Waals surface area (Å²) in [6.45, 7) is 0.926. The van der Waals surface area contributed by atoms with Crippen LogP contribution in [0.25, 0.3) is 0 Å². The second-order valence-electron chi connectivity index (χ2n) is 4.46. The van der Waals surface area contributed by atoms with Gasteiger partial charge in [0.25, 0.3) is 5.91 Å². The number of likely N-dealkylation sites (N-methyl/N-ethyl adjacent to an activating group) is 2. The molecule has 7 heteroatoms. The Morgan fingerprint density at radius 2 is 2.00 bits per heavy atom. The molecule has 0 fully saturated rings. The molecule has 0 aliphatic carbocycles. The number of halogens is 1. The smallest absolute Gasteiger partial charge is 0.338 e. The molecular weight excluding hydrogens is 279 g/mol. The molecule has 21 heavy (non-hydrogen) atoms. The lowest BCUT2D eigenvalue weighted by Crippen LogP contribution is -2.39. The molecule has 1 rings (SSSR count). The number of carbonyl (C=O) groups excluding carboxylic acids is 3. The van der Waals surface area contributed by atoms with Crippen LogP contribution in [0.1, 0.15) is 15.9 Å². The molecular formula is C14H17FN2O4. The van der Waals surface area contributed by atoms with Crippen molar-refractivity contribution in [2.45, 2.75) is 6.92 Å². The quantitative estimate of drug-likeness (QED) is 0.803. The number of nitrogens with one attached hydrogen (secondary N) is 1. The number of rotatable bonds is 5. The van der Waals surface area contributed by atoms with Crippen molar-refractivity contribution < 1.29 is 23.5 Å². The Balaban J connectivity index is 2.54. The van der Waals surface area contributed by atoms with E-state index in [2.05, 4.69) is 5.32 Å². The maximum absolute atomic E-state index is 13.3. The van der Waals surface area contributed by atoms with Crippen molar-refractivity contribution in [3.05, 3.63) is 35.1 Å². The minimum absolute atomic E-state index is 0.0276. The van der Waals surface area contributed by atoms with Crippen LogP contribution in [0.2, 0.25) is 0 Å². The number of amides is 2. The van der Waals surface area contributed by atoms with E-state index in [0.29, 0.717) is 5.56 Å². The first-order chi connectivity index (χ1) is 9.85. The third-order valence-corrected chi connectivity index (χ3v) is 2.82. The molecule has 1 aromatic carbocycles. The molecule has 2 amide bonds. The fourth-order valence-corrected chi connectivity index (χ4v) is 1.42. The summed E-state index contributed by atoms with van der Waals surface area (Å²) in [6, 6.07) is 3.92. The van der Waals surface area contributed by atoms with Gasteiger partial charge in [0, 0.05) is 14.1 Å². The molecule has 0 unspecified atom stereocenters. The predicted octanol–water partition coefficient (Wildman–Crippen LogP) is 0.495. The third-order valence-electron chi connectivity index (χ3n) is 2.82. The largest absolute Gasteiger partial charge is 0.452 e. The highest BCUT2D eigenvalue weighted by Gasteiger charge is 2.16. The Morgan fingerprint density at radius 3 is 2.57 bits per heavy atom. The van der Waals surface area contributed by atoms with Crippen LogP contribution in [-0.4, -0.2) is 49.9 Å². The van der Waals surface area contributed by atoms with E-state index < -0.39 is 24.3 Å². The highest BCUT2D eigenvalue weighted by Crippen LogP contribution is 2.10. The average molecular weight is 296 g/mol. The molecule has 0 spiro atoms. The lowest BCUT2D eigenvalue weighted by Gasteiger charge is -2.15. The topological polar surface area (TPSA) is 75.7 Å². The zero-order valence-corrected chi connectivity index (χ0v) is 12.1. The van der Waals surface area contributed by atoms with Crippen LogP contribution in [0, 0.1) is 12.7 Å². The maximum Gasteiger partial charge on any atom is 0.338 e. The zero-order valence-electron chi connectivity index (χ0n) is 12.1. The van der Waals surface area contributed by atoms with Crippen LogP contribution in [0.3, 0.4) is 0 Å². The van der Waals surface area contributed by atoms with Crippen LogP contribution >= 0.6 is 0 Å². The van der Waals surface area contributed by atoms with Crippen molar-refractivity contribution >= 4 is 17.8 Å². The molecule has 0 saturated carbocycles. The number of carbonyl (C=O) groups is 3. The Bertz CT molecular complexity index is 560. The number of ether oxygens (including phenoxy) is 1. The van der Waals surface area contributed by atoms with E-state index in [1.165, 1.54) is 26.2 Å². The highest BCUT2D eigenvalue weighted by atomic mass is 19.1. The number of nitrogens with zero attached hydrogens (tertiary/aromatic N) is 1. The molecule has 0 saturated heterocycles. The van der Waals surface area contributed by atoms with Gasteiger partial charge in [0.05, 0.1) is 12.1 Å². The second kappa shape index (κ2) is 7.37. The number of esters is 1. The van der Waals surface area contributed by atoms with Gasteiger partial charge in [-0.25, -0.2) is 9.18 Å². The summed E-state index contributed by atoms with van der Waals surface area (Å²) < 4.78 is 18.1. The first kappa shape index (κ1) is 16.6. The lowest BCUT2D eigenvalue weighted by molar-refractivity contribution is -0.137. The summed E-state index contributed by atoms with van der Waals surface area (Å²) in [6.07, 6.45) is 0. The van der Waals surface area contributed by atoms with Gasteiger partial charge in [0.15, 0.2) is 6.61 Å². The fraction of sp³-hybridized carbons (Fsp3) is 0.357.